The molecule has 0 radical (unpaired) electrons. The minimum Gasteiger partial charge on any atom is -0.346 e. The third kappa shape index (κ3) is 2.36. The predicted octanol–water partition coefficient (Wildman–Crippen LogP) is 2.09. The lowest BCUT2D eigenvalue weighted by molar-refractivity contribution is 0.404. The summed E-state index contributed by atoms with van der Waals surface area (Å²) in [5.41, 5.74) is 0.666. The molecule has 0 aromatic carbocycles. The maximum absolute atomic E-state index is 11.9. The van der Waals surface area contributed by atoms with Gasteiger partial charge in [0.1, 0.15) is 0 Å². The van der Waals surface area contributed by atoms with Crippen molar-refractivity contribution < 1.29 is 0 Å². The molecule has 19 heavy (non-hydrogen) atoms. The van der Waals surface area contributed by atoms with Gasteiger partial charge in [0.2, 0.25) is 10.1 Å². The number of hydrogen-bond donors (Lipinski definition) is 0. The second kappa shape index (κ2) is 4.92. The number of nitrogens with zero attached hydrogens (tertiary/aromatic N) is 4. The van der Waals surface area contributed by atoms with Gasteiger partial charge in [-0.3, -0.25) is 4.79 Å². The van der Waals surface area contributed by atoms with E-state index in [1.165, 1.54) is 41.2 Å². The minimum atomic E-state index is -0.0888. The van der Waals surface area contributed by atoms with E-state index in [1.807, 2.05) is 6.92 Å². The summed E-state index contributed by atoms with van der Waals surface area (Å²) in [6.07, 6.45) is 3.71. The highest BCUT2D eigenvalue weighted by atomic mass is 32.1. The van der Waals surface area contributed by atoms with Gasteiger partial charge >= 0.3 is 0 Å². The van der Waals surface area contributed by atoms with Gasteiger partial charge in [-0.05, 0) is 25.7 Å². The molecule has 1 saturated heterocycles. The first kappa shape index (κ1) is 12.6. The van der Waals surface area contributed by atoms with Crippen molar-refractivity contribution >= 4 is 21.4 Å². The highest BCUT2D eigenvalue weighted by molar-refractivity contribution is 7.20. The fourth-order valence-electron chi connectivity index (χ4n) is 2.61. The van der Waals surface area contributed by atoms with Crippen LogP contribution in [0.4, 0.5) is 5.13 Å². The molecule has 1 fully saturated rings. The summed E-state index contributed by atoms with van der Waals surface area (Å²) in [6, 6.07) is 1.53. The average molecular weight is 278 g/mol. The number of aryl methyl sites for hydroxylation is 1. The lowest BCUT2D eigenvalue weighted by Gasteiger charge is -2.31. The number of piperidine rings is 1. The zero-order chi connectivity index (χ0) is 13.4. The molecule has 0 aliphatic carbocycles. The van der Waals surface area contributed by atoms with Gasteiger partial charge in [-0.15, -0.1) is 5.10 Å². The van der Waals surface area contributed by atoms with Gasteiger partial charge in [-0.2, -0.15) is 4.52 Å². The zero-order valence-electron chi connectivity index (χ0n) is 11.3. The molecule has 1 aliphatic heterocycles. The van der Waals surface area contributed by atoms with Crippen molar-refractivity contribution in [3.8, 4) is 0 Å². The second-order valence-corrected chi connectivity index (χ2v) is 6.11. The van der Waals surface area contributed by atoms with E-state index < -0.39 is 0 Å². The third-order valence-corrected chi connectivity index (χ3v) is 4.70. The highest BCUT2D eigenvalue weighted by Gasteiger charge is 2.21. The van der Waals surface area contributed by atoms with E-state index in [1.54, 1.807) is 0 Å². The Morgan fingerprint density at radius 3 is 3.16 bits per heavy atom. The number of fused-ring (bicyclic) bond motifs is 1. The molecule has 1 aliphatic rings. The van der Waals surface area contributed by atoms with Gasteiger partial charge < -0.3 is 4.90 Å². The van der Waals surface area contributed by atoms with E-state index in [2.05, 4.69) is 21.9 Å². The summed E-state index contributed by atoms with van der Waals surface area (Å²) in [6.45, 7) is 6.16. The van der Waals surface area contributed by atoms with Crippen molar-refractivity contribution in [2.45, 2.75) is 33.1 Å². The maximum atomic E-state index is 11.9. The molecule has 5 nitrogen and oxygen atoms in total. The van der Waals surface area contributed by atoms with Crippen LogP contribution in [0.25, 0.3) is 4.96 Å². The fourth-order valence-corrected chi connectivity index (χ4v) is 3.60. The van der Waals surface area contributed by atoms with Crippen LogP contribution in [0.15, 0.2) is 10.9 Å². The van der Waals surface area contributed by atoms with Crippen molar-refractivity contribution in [1.82, 2.24) is 14.6 Å². The SMILES string of the molecule is CC[C@@H]1CCCN(c2nn3c(=O)cc(C)nc3s2)C1. The van der Waals surface area contributed by atoms with Crippen molar-refractivity contribution in [2.24, 2.45) is 5.92 Å². The standard InChI is InChI=1S/C13H18N4OS/c1-3-10-5-4-6-16(8-10)13-15-17-11(18)7-9(2)14-12(17)19-13/h7,10H,3-6,8H2,1-2H3/t10-/m1/s1. The Bertz CT molecular complexity index is 648. The molecule has 0 unspecified atom stereocenters. The molecular formula is C13H18N4OS. The molecule has 1 atom stereocenters. The molecule has 0 amide bonds. The van der Waals surface area contributed by atoms with Crippen LogP contribution >= 0.6 is 11.3 Å². The van der Waals surface area contributed by atoms with Gasteiger partial charge in [0.15, 0.2) is 0 Å². The van der Waals surface area contributed by atoms with Crippen LogP contribution in [0.2, 0.25) is 0 Å². The molecule has 2 aromatic rings. The molecular weight excluding hydrogens is 260 g/mol. The Morgan fingerprint density at radius 2 is 2.37 bits per heavy atom. The van der Waals surface area contributed by atoms with Gasteiger partial charge in [0.05, 0.1) is 0 Å². The number of anilines is 1. The molecule has 6 heteroatoms. The highest BCUT2D eigenvalue weighted by Crippen LogP contribution is 2.27. The van der Waals surface area contributed by atoms with Crippen LogP contribution in [-0.2, 0) is 0 Å². The number of hydrogen-bond acceptors (Lipinski definition) is 5. The van der Waals surface area contributed by atoms with Gasteiger partial charge in [-0.1, -0.05) is 24.7 Å². The molecule has 0 saturated carbocycles. The Morgan fingerprint density at radius 1 is 1.53 bits per heavy atom. The lowest BCUT2D eigenvalue weighted by Crippen LogP contribution is -2.35. The maximum Gasteiger partial charge on any atom is 0.275 e. The fraction of sp³-hybridized carbons (Fsp3) is 0.615. The predicted molar refractivity (Wildman–Crippen MR) is 77.1 cm³/mol. The van der Waals surface area contributed by atoms with Gasteiger partial charge in [0, 0.05) is 24.8 Å². The van der Waals surface area contributed by atoms with E-state index in [0.717, 1.165) is 29.8 Å². The zero-order valence-corrected chi connectivity index (χ0v) is 12.1. The van der Waals surface area contributed by atoms with E-state index >= 15 is 0 Å². The molecule has 0 bridgehead atoms. The normalized spacial score (nSPS) is 20.1. The number of aromatic nitrogens is 3. The van der Waals surface area contributed by atoms with Crippen LogP contribution in [0.5, 0.6) is 0 Å². The van der Waals surface area contributed by atoms with Crippen LogP contribution in [0.3, 0.4) is 0 Å². The summed E-state index contributed by atoms with van der Waals surface area (Å²) in [5, 5.41) is 5.36. The smallest absolute Gasteiger partial charge is 0.275 e. The molecule has 0 N–H and O–H groups in total. The van der Waals surface area contributed by atoms with Crippen molar-refractivity contribution in [2.75, 3.05) is 18.0 Å². The van der Waals surface area contributed by atoms with E-state index in [0.29, 0.717) is 4.96 Å². The average Bonchev–Trinajstić information content (AvgIpc) is 2.83. The molecule has 0 spiro atoms. The lowest BCUT2D eigenvalue weighted by atomic mass is 9.96. The van der Waals surface area contributed by atoms with Crippen molar-refractivity contribution in [1.29, 1.82) is 0 Å². The molecule has 3 heterocycles. The largest absolute Gasteiger partial charge is 0.346 e. The van der Waals surface area contributed by atoms with Crippen LogP contribution in [-0.4, -0.2) is 27.7 Å². The second-order valence-electron chi connectivity index (χ2n) is 5.18. The summed E-state index contributed by atoms with van der Waals surface area (Å²) in [5.74, 6) is 0.743. The van der Waals surface area contributed by atoms with Crippen LogP contribution < -0.4 is 10.5 Å². The summed E-state index contributed by atoms with van der Waals surface area (Å²) in [4.78, 5) is 19.2. The van der Waals surface area contributed by atoms with Crippen LogP contribution in [0.1, 0.15) is 31.9 Å². The van der Waals surface area contributed by atoms with Crippen molar-refractivity contribution in [3.63, 3.8) is 0 Å². The summed E-state index contributed by atoms with van der Waals surface area (Å²) < 4.78 is 1.42. The minimum absolute atomic E-state index is 0.0888. The van der Waals surface area contributed by atoms with Gasteiger partial charge in [-0.25, -0.2) is 4.98 Å². The number of rotatable bonds is 2. The summed E-state index contributed by atoms with van der Waals surface area (Å²) >= 11 is 1.51. The van der Waals surface area contributed by atoms with E-state index in [-0.39, 0.29) is 5.56 Å². The van der Waals surface area contributed by atoms with E-state index in [9.17, 15) is 4.79 Å². The Balaban J connectivity index is 1.97. The quantitative estimate of drug-likeness (QED) is 0.844. The molecule has 2 aromatic heterocycles. The first-order valence-electron chi connectivity index (χ1n) is 6.80. The van der Waals surface area contributed by atoms with E-state index in [4.69, 9.17) is 0 Å². The molecule has 3 rings (SSSR count). The Labute approximate surface area is 115 Å². The first-order valence-corrected chi connectivity index (χ1v) is 7.61. The van der Waals surface area contributed by atoms with Crippen LogP contribution in [0, 0.1) is 12.8 Å². The first-order chi connectivity index (χ1) is 9.17. The third-order valence-electron chi connectivity index (χ3n) is 3.73. The topological polar surface area (TPSA) is 50.5 Å². The van der Waals surface area contributed by atoms with Gasteiger partial charge in [0.25, 0.3) is 5.56 Å². The summed E-state index contributed by atoms with van der Waals surface area (Å²) in [7, 11) is 0. The Kier molecular flexibility index (Phi) is 3.26. The Hall–Kier alpha value is -1.43. The molecule has 102 valence electrons. The van der Waals surface area contributed by atoms with Crippen molar-refractivity contribution in [3.05, 3.63) is 22.1 Å². The monoisotopic (exact) mass is 278 g/mol.